The van der Waals surface area contributed by atoms with Gasteiger partial charge in [0.05, 0.1) is 0 Å². The molecule has 3 aliphatic rings. The van der Waals surface area contributed by atoms with Gasteiger partial charge in [-0.15, -0.1) is 0 Å². The van der Waals surface area contributed by atoms with Crippen molar-refractivity contribution in [2.24, 2.45) is 11.8 Å². The molecule has 0 radical (unpaired) electrons. The number of likely N-dealkylation sites (tertiary alicyclic amines) is 1. The van der Waals surface area contributed by atoms with Crippen LogP contribution in [0.15, 0.2) is 0 Å². The zero-order valence-corrected chi connectivity index (χ0v) is 18.8. The van der Waals surface area contributed by atoms with Crippen molar-refractivity contribution in [3.05, 3.63) is 0 Å². The Morgan fingerprint density at radius 2 is 1.18 bits per heavy atom. The maximum absolute atomic E-state index is 12.8. The molecule has 0 aliphatic carbocycles. The van der Waals surface area contributed by atoms with E-state index >= 15 is 0 Å². The summed E-state index contributed by atoms with van der Waals surface area (Å²) < 4.78 is 0. The number of urea groups is 1. The van der Waals surface area contributed by atoms with Crippen molar-refractivity contribution in [2.45, 2.75) is 46.6 Å². The lowest BCUT2D eigenvalue weighted by Crippen LogP contribution is -2.55. The molecular weight excluding hydrogens is 350 g/mol. The predicted molar refractivity (Wildman–Crippen MR) is 116 cm³/mol. The fourth-order valence-electron chi connectivity index (χ4n) is 4.91. The van der Waals surface area contributed by atoms with E-state index in [9.17, 15) is 4.79 Å². The first-order valence-electron chi connectivity index (χ1n) is 11.7. The van der Waals surface area contributed by atoms with E-state index in [1.54, 1.807) is 0 Å². The highest BCUT2D eigenvalue weighted by molar-refractivity contribution is 5.74. The number of rotatable bonds is 5. The van der Waals surface area contributed by atoms with Gasteiger partial charge in [-0.05, 0) is 38.5 Å². The Bertz CT molecular complexity index is 473. The summed E-state index contributed by atoms with van der Waals surface area (Å²) >= 11 is 0. The average Bonchev–Trinajstić information content (AvgIpc) is 2.72. The molecule has 0 aromatic carbocycles. The van der Waals surface area contributed by atoms with E-state index in [2.05, 4.69) is 52.2 Å². The maximum atomic E-state index is 12.8. The van der Waals surface area contributed by atoms with Crippen molar-refractivity contribution < 1.29 is 4.79 Å². The monoisotopic (exact) mass is 393 g/mol. The molecule has 0 atom stereocenters. The van der Waals surface area contributed by atoms with Crippen LogP contribution in [0.1, 0.15) is 40.5 Å². The highest BCUT2D eigenvalue weighted by atomic mass is 16.2. The molecule has 0 bridgehead atoms. The van der Waals surface area contributed by atoms with Crippen LogP contribution in [-0.2, 0) is 0 Å². The van der Waals surface area contributed by atoms with Gasteiger partial charge in [-0.25, -0.2) is 4.79 Å². The number of carbonyl (C=O) groups is 1. The second-order valence-corrected chi connectivity index (χ2v) is 9.65. The smallest absolute Gasteiger partial charge is 0.320 e. The van der Waals surface area contributed by atoms with E-state index in [0.717, 1.165) is 57.6 Å². The van der Waals surface area contributed by atoms with Crippen molar-refractivity contribution in [2.75, 3.05) is 78.5 Å². The van der Waals surface area contributed by atoms with E-state index in [1.807, 2.05) is 0 Å². The van der Waals surface area contributed by atoms with Crippen molar-refractivity contribution in [1.29, 1.82) is 0 Å². The minimum Gasteiger partial charge on any atom is -0.325 e. The summed E-state index contributed by atoms with van der Waals surface area (Å²) in [5, 5.41) is 0. The molecule has 3 aliphatic heterocycles. The van der Waals surface area contributed by atoms with Crippen LogP contribution in [0.2, 0.25) is 0 Å². The quantitative estimate of drug-likeness (QED) is 0.716. The Morgan fingerprint density at radius 1 is 0.714 bits per heavy atom. The average molecular weight is 394 g/mol. The van der Waals surface area contributed by atoms with Crippen LogP contribution >= 0.6 is 0 Å². The standard InChI is InChI=1S/C22H43N5O/c1-19(2)21-5-7-26(8-6-21)22(28)27-17-13-24(14-18-27)10-9-23-11-15-25(16-12-23)20(3)4/h19-21H,5-18H2,1-4H3. The van der Waals surface area contributed by atoms with Crippen LogP contribution < -0.4 is 0 Å². The largest absolute Gasteiger partial charge is 0.325 e. The number of nitrogens with zero attached hydrogens (tertiary/aromatic N) is 5. The van der Waals surface area contributed by atoms with Gasteiger partial charge in [-0.1, -0.05) is 13.8 Å². The summed E-state index contributed by atoms with van der Waals surface area (Å²) in [7, 11) is 0. The molecule has 0 N–H and O–H groups in total. The predicted octanol–water partition coefficient (Wildman–Crippen LogP) is 2.12. The van der Waals surface area contributed by atoms with Crippen molar-refractivity contribution in [3.63, 3.8) is 0 Å². The summed E-state index contributed by atoms with van der Waals surface area (Å²) in [6, 6.07) is 0.954. The highest BCUT2D eigenvalue weighted by Crippen LogP contribution is 2.25. The normalized spacial score (nSPS) is 24.5. The van der Waals surface area contributed by atoms with Gasteiger partial charge in [0.2, 0.25) is 0 Å². The Hall–Kier alpha value is -0.850. The Morgan fingerprint density at radius 3 is 1.64 bits per heavy atom. The molecule has 162 valence electrons. The van der Waals surface area contributed by atoms with Crippen molar-refractivity contribution >= 4 is 6.03 Å². The lowest BCUT2D eigenvalue weighted by atomic mass is 9.87. The first kappa shape index (κ1) is 21.8. The van der Waals surface area contributed by atoms with Gasteiger partial charge in [0.1, 0.15) is 0 Å². The summed E-state index contributed by atoms with van der Waals surface area (Å²) in [5.41, 5.74) is 0. The minimum atomic E-state index is 0.284. The molecule has 6 heteroatoms. The number of piperazine rings is 2. The fourth-order valence-corrected chi connectivity index (χ4v) is 4.91. The van der Waals surface area contributed by atoms with Gasteiger partial charge in [-0.3, -0.25) is 14.7 Å². The molecule has 2 amide bonds. The lowest BCUT2D eigenvalue weighted by Gasteiger charge is -2.41. The highest BCUT2D eigenvalue weighted by Gasteiger charge is 2.29. The molecule has 3 rings (SSSR count). The Kier molecular flexibility index (Phi) is 8.01. The third kappa shape index (κ3) is 5.83. The van der Waals surface area contributed by atoms with Crippen LogP contribution in [0.4, 0.5) is 4.79 Å². The number of piperidine rings is 1. The van der Waals surface area contributed by atoms with Crippen LogP contribution in [0.5, 0.6) is 0 Å². The van der Waals surface area contributed by atoms with Crippen molar-refractivity contribution in [3.8, 4) is 0 Å². The van der Waals surface area contributed by atoms with Gasteiger partial charge in [0.15, 0.2) is 0 Å². The summed E-state index contributed by atoms with van der Waals surface area (Å²) in [4.78, 5) is 24.8. The van der Waals surface area contributed by atoms with E-state index in [0.29, 0.717) is 6.04 Å². The second kappa shape index (κ2) is 10.3. The van der Waals surface area contributed by atoms with Crippen molar-refractivity contribution in [1.82, 2.24) is 24.5 Å². The SMILES string of the molecule is CC(C)C1CCN(C(=O)N2CCN(CCN3CCN(C(C)C)CC3)CC2)CC1. The van der Waals surface area contributed by atoms with E-state index in [-0.39, 0.29) is 6.03 Å². The lowest BCUT2D eigenvalue weighted by molar-refractivity contribution is 0.0782. The van der Waals surface area contributed by atoms with Gasteiger partial charge < -0.3 is 9.80 Å². The summed E-state index contributed by atoms with van der Waals surface area (Å²) in [6.07, 6.45) is 2.35. The van der Waals surface area contributed by atoms with E-state index in [4.69, 9.17) is 0 Å². The van der Waals surface area contributed by atoms with E-state index < -0.39 is 0 Å². The van der Waals surface area contributed by atoms with E-state index in [1.165, 1.54) is 45.6 Å². The zero-order valence-electron chi connectivity index (χ0n) is 18.8. The first-order chi connectivity index (χ1) is 13.4. The molecule has 0 aromatic heterocycles. The maximum Gasteiger partial charge on any atom is 0.320 e. The molecule has 6 nitrogen and oxygen atoms in total. The minimum absolute atomic E-state index is 0.284. The fraction of sp³-hybridized carbons (Fsp3) is 0.955. The Labute approximate surface area is 172 Å². The Balaban J connectivity index is 1.32. The van der Waals surface area contributed by atoms with Crippen LogP contribution in [-0.4, -0.2) is 115 Å². The molecule has 0 aromatic rings. The number of amides is 2. The van der Waals surface area contributed by atoms with Crippen LogP contribution in [0.3, 0.4) is 0 Å². The van der Waals surface area contributed by atoms with Gasteiger partial charge >= 0.3 is 6.03 Å². The van der Waals surface area contributed by atoms with Gasteiger partial charge in [-0.2, -0.15) is 0 Å². The summed E-state index contributed by atoms with van der Waals surface area (Å²) in [6.45, 7) is 22.1. The number of hydrogen-bond acceptors (Lipinski definition) is 4. The molecule has 0 spiro atoms. The molecule has 3 fully saturated rings. The molecular formula is C22H43N5O. The van der Waals surface area contributed by atoms with Gasteiger partial charge in [0.25, 0.3) is 0 Å². The molecule has 28 heavy (non-hydrogen) atoms. The number of carbonyl (C=O) groups excluding carboxylic acids is 1. The number of hydrogen-bond donors (Lipinski definition) is 0. The first-order valence-corrected chi connectivity index (χ1v) is 11.7. The molecule has 0 saturated carbocycles. The second-order valence-electron chi connectivity index (χ2n) is 9.65. The molecule has 3 saturated heterocycles. The third-order valence-corrected chi connectivity index (χ3v) is 7.27. The topological polar surface area (TPSA) is 33.3 Å². The van der Waals surface area contributed by atoms with Crippen LogP contribution in [0.25, 0.3) is 0 Å². The van der Waals surface area contributed by atoms with Crippen LogP contribution in [0, 0.1) is 11.8 Å². The third-order valence-electron chi connectivity index (χ3n) is 7.27. The molecule has 0 unspecified atom stereocenters. The summed E-state index contributed by atoms with van der Waals surface area (Å²) in [5.74, 6) is 1.54. The zero-order chi connectivity index (χ0) is 20.1. The molecule has 3 heterocycles. The van der Waals surface area contributed by atoms with Gasteiger partial charge in [0, 0.05) is 84.6 Å².